The van der Waals surface area contributed by atoms with Crippen molar-refractivity contribution in [1.29, 1.82) is 0 Å². The van der Waals surface area contributed by atoms with E-state index in [1.54, 1.807) is 91.0 Å². The molecule has 0 aromatic heterocycles. The van der Waals surface area contributed by atoms with Crippen molar-refractivity contribution in [3.63, 3.8) is 0 Å². The Labute approximate surface area is 247 Å². The fourth-order valence-corrected chi connectivity index (χ4v) is 4.96. The Balaban J connectivity index is 1.28. The van der Waals surface area contributed by atoms with Gasteiger partial charge in [-0.2, -0.15) is 0 Å². The molecule has 0 amide bonds. The maximum atomic E-state index is 13.2. The normalized spacial score (nSPS) is 23.1. The summed E-state index contributed by atoms with van der Waals surface area (Å²) in [5, 5.41) is 0. The van der Waals surface area contributed by atoms with E-state index in [0.29, 0.717) is 11.1 Å². The molecule has 4 aromatic rings. The van der Waals surface area contributed by atoms with Gasteiger partial charge in [0.15, 0.2) is 30.9 Å². The van der Waals surface area contributed by atoms with Crippen molar-refractivity contribution in [2.75, 3.05) is 6.61 Å². The Kier molecular flexibility index (Phi) is 8.55. The molecule has 6 atom stereocenters. The van der Waals surface area contributed by atoms with Crippen LogP contribution in [0.4, 0.5) is 0 Å². The van der Waals surface area contributed by atoms with Crippen LogP contribution in [0.3, 0.4) is 0 Å². The second-order valence-corrected chi connectivity index (χ2v) is 9.96. The number of esters is 3. The van der Waals surface area contributed by atoms with Crippen LogP contribution in [0.15, 0.2) is 121 Å². The molecule has 4 aromatic carbocycles. The summed E-state index contributed by atoms with van der Waals surface area (Å²) in [4.78, 5) is 39.2. The van der Waals surface area contributed by atoms with E-state index in [4.69, 9.17) is 28.4 Å². The summed E-state index contributed by atoms with van der Waals surface area (Å²) in [5.41, 5.74) is 1.68. The SMILES string of the molecule is O=C(OC[C@@H](OC(=O)c1ccccc1)[C@H]1O[C@@H]2OC(c3ccccc3)O[C@@H]2[C@H]1OC(=O)c1ccccc1)c1ccccc1. The first-order valence-corrected chi connectivity index (χ1v) is 13.8. The fraction of sp³-hybridized carbons (Fsp3) is 0.206. The van der Waals surface area contributed by atoms with Gasteiger partial charge < -0.3 is 28.4 Å². The highest BCUT2D eigenvalue weighted by molar-refractivity contribution is 5.90. The highest BCUT2D eigenvalue weighted by Gasteiger charge is 2.57. The number of ether oxygens (including phenoxy) is 6. The van der Waals surface area contributed by atoms with E-state index in [2.05, 4.69) is 0 Å². The molecular formula is C34H28O9. The lowest BCUT2D eigenvalue weighted by atomic mass is 10.1. The van der Waals surface area contributed by atoms with E-state index in [1.165, 1.54) is 0 Å². The van der Waals surface area contributed by atoms with E-state index in [9.17, 15) is 14.4 Å². The monoisotopic (exact) mass is 580 g/mol. The van der Waals surface area contributed by atoms with Crippen molar-refractivity contribution >= 4 is 17.9 Å². The van der Waals surface area contributed by atoms with Crippen LogP contribution < -0.4 is 0 Å². The summed E-state index contributed by atoms with van der Waals surface area (Å²) in [5.74, 6) is -1.91. The standard InChI is InChI=1S/C34H28O9/c35-30(22-13-5-1-6-14-22)38-21-26(39-31(36)23-15-7-2-8-16-23)27-28(40-32(37)24-17-9-3-10-18-24)29-34(41-27)43-33(42-29)25-19-11-4-12-20-25/h1-20,26-29,33-34H,21H2/t26-,27-,28+,29-,33?,34-/m1/s1. The lowest BCUT2D eigenvalue weighted by Gasteiger charge is -2.29. The highest BCUT2D eigenvalue weighted by Crippen LogP contribution is 2.42. The van der Waals surface area contributed by atoms with Crippen LogP contribution in [0.5, 0.6) is 0 Å². The average molecular weight is 581 g/mol. The predicted octanol–water partition coefficient (Wildman–Crippen LogP) is 5.13. The molecule has 0 saturated carbocycles. The van der Waals surface area contributed by atoms with Crippen molar-refractivity contribution in [2.45, 2.75) is 37.0 Å². The van der Waals surface area contributed by atoms with Crippen molar-refractivity contribution in [1.82, 2.24) is 0 Å². The number of carbonyl (C=O) groups excluding carboxylic acids is 3. The summed E-state index contributed by atoms with van der Waals surface area (Å²) in [7, 11) is 0. The molecule has 0 bridgehead atoms. The average Bonchev–Trinajstić information content (AvgIpc) is 3.63. The summed E-state index contributed by atoms with van der Waals surface area (Å²) in [6, 6.07) is 34.5. The van der Waals surface area contributed by atoms with Gasteiger partial charge in [-0.1, -0.05) is 84.9 Å². The number of benzene rings is 4. The molecule has 0 N–H and O–H groups in total. The third kappa shape index (κ3) is 6.49. The zero-order valence-corrected chi connectivity index (χ0v) is 22.9. The van der Waals surface area contributed by atoms with Gasteiger partial charge in [0.25, 0.3) is 0 Å². The van der Waals surface area contributed by atoms with Crippen molar-refractivity contribution < 1.29 is 42.8 Å². The molecule has 1 unspecified atom stereocenters. The van der Waals surface area contributed by atoms with Crippen molar-refractivity contribution in [2.24, 2.45) is 0 Å². The maximum absolute atomic E-state index is 13.2. The quantitative estimate of drug-likeness (QED) is 0.197. The third-order valence-electron chi connectivity index (χ3n) is 7.09. The number of fused-ring (bicyclic) bond motifs is 1. The van der Waals surface area contributed by atoms with Crippen LogP contribution in [-0.2, 0) is 28.4 Å². The van der Waals surface area contributed by atoms with Crippen LogP contribution in [0.2, 0.25) is 0 Å². The summed E-state index contributed by atoms with van der Waals surface area (Å²) < 4.78 is 35.9. The number of carbonyl (C=O) groups is 3. The van der Waals surface area contributed by atoms with E-state index < -0.39 is 54.9 Å². The largest absolute Gasteiger partial charge is 0.458 e. The molecule has 0 spiro atoms. The lowest BCUT2D eigenvalue weighted by Crippen LogP contribution is -2.46. The first-order valence-electron chi connectivity index (χ1n) is 13.8. The van der Waals surface area contributed by atoms with Crippen LogP contribution in [-0.4, -0.2) is 55.2 Å². The molecule has 218 valence electrons. The Bertz CT molecular complexity index is 1530. The van der Waals surface area contributed by atoms with Gasteiger partial charge in [-0.25, -0.2) is 14.4 Å². The molecule has 2 fully saturated rings. The molecule has 2 heterocycles. The number of hydrogen-bond donors (Lipinski definition) is 0. The Morgan fingerprint density at radius 1 is 0.605 bits per heavy atom. The van der Waals surface area contributed by atoms with Gasteiger partial charge in [-0.3, -0.25) is 0 Å². The van der Waals surface area contributed by atoms with E-state index in [1.807, 2.05) is 30.3 Å². The maximum Gasteiger partial charge on any atom is 0.338 e. The molecule has 6 rings (SSSR count). The summed E-state index contributed by atoms with van der Waals surface area (Å²) in [6.07, 6.45) is -5.92. The minimum absolute atomic E-state index is 0.287. The second kappa shape index (κ2) is 13.0. The summed E-state index contributed by atoms with van der Waals surface area (Å²) >= 11 is 0. The number of hydrogen-bond acceptors (Lipinski definition) is 9. The van der Waals surface area contributed by atoms with Crippen molar-refractivity contribution in [3.8, 4) is 0 Å². The molecule has 0 aliphatic carbocycles. The van der Waals surface area contributed by atoms with Gasteiger partial charge >= 0.3 is 17.9 Å². The molecule has 0 radical (unpaired) electrons. The van der Waals surface area contributed by atoms with Gasteiger partial charge in [-0.05, 0) is 36.4 Å². The highest BCUT2D eigenvalue weighted by atomic mass is 16.8. The van der Waals surface area contributed by atoms with Gasteiger partial charge in [-0.15, -0.1) is 0 Å². The Morgan fingerprint density at radius 3 is 1.70 bits per heavy atom. The molecular weight excluding hydrogens is 552 g/mol. The van der Waals surface area contributed by atoms with Gasteiger partial charge in [0, 0.05) is 5.56 Å². The van der Waals surface area contributed by atoms with Crippen LogP contribution in [0.25, 0.3) is 0 Å². The van der Waals surface area contributed by atoms with Crippen molar-refractivity contribution in [3.05, 3.63) is 144 Å². The minimum atomic E-state index is -1.18. The summed E-state index contributed by atoms with van der Waals surface area (Å²) in [6.45, 7) is -0.377. The van der Waals surface area contributed by atoms with Crippen LogP contribution in [0, 0.1) is 0 Å². The minimum Gasteiger partial charge on any atom is -0.458 e. The number of rotatable bonds is 9. The third-order valence-corrected chi connectivity index (χ3v) is 7.09. The lowest BCUT2D eigenvalue weighted by molar-refractivity contribution is -0.192. The zero-order chi connectivity index (χ0) is 29.6. The van der Waals surface area contributed by atoms with E-state index in [-0.39, 0.29) is 12.2 Å². The van der Waals surface area contributed by atoms with Crippen LogP contribution >= 0.6 is 0 Å². The smallest absolute Gasteiger partial charge is 0.338 e. The molecule has 2 saturated heterocycles. The van der Waals surface area contributed by atoms with Crippen LogP contribution in [0.1, 0.15) is 42.9 Å². The van der Waals surface area contributed by atoms with E-state index >= 15 is 0 Å². The van der Waals surface area contributed by atoms with E-state index in [0.717, 1.165) is 5.56 Å². The topological polar surface area (TPSA) is 107 Å². The zero-order valence-electron chi connectivity index (χ0n) is 22.9. The Morgan fingerprint density at radius 2 is 1.12 bits per heavy atom. The molecule has 43 heavy (non-hydrogen) atoms. The second-order valence-electron chi connectivity index (χ2n) is 9.96. The molecule has 9 heteroatoms. The first kappa shape index (κ1) is 28.3. The molecule has 2 aliphatic heterocycles. The van der Waals surface area contributed by atoms with Gasteiger partial charge in [0.1, 0.15) is 12.7 Å². The fourth-order valence-electron chi connectivity index (χ4n) is 4.96. The van der Waals surface area contributed by atoms with Gasteiger partial charge in [0.05, 0.1) is 16.7 Å². The Hall–Kier alpha value is -4.83. The predicted molar refractivity (Wildman–Crippen MR) is 152 cm³/mol. The van der Waals surface area contributed by atoms with Gasteiger partial charge in [0.2, 0.25) is 0 Å². The molecule has 9 nitrogen and oxygen atoms in total. The molecule has 2 aliphatic rings. The first-order chi connectivity index (χ1) is 21.1.